The molecule has 1 saturated heterocycles. The number of carbonyl (C=O) groups excluding carboxylic acids is 2. The molecule has 1 aliphatic heterocycles. The van der Waals surface area contributed by atoms with Crippen molar-refractivity contribution in [2.75, 3.05) is 17.7 Å². The summed E-state index contributed by atoms with van der Waals surface area (Å²) in [4.78, 5) is 27.7. The monoisotopic (exact) mass is 347 g/mol. The van der Waals surface area contributed by atoms with E-state index in [1.54, 1.807) is 16.7 Å². The van der Waals surface area contributed by atoms with Crippen LogP contribution >= 0.6 is 11.8 Å². The fourth-order valence-electron chi connectivity index (χ4n) is 3.48. The predicted molar refractivity (Wildman–Crippen MR) is 97.1 cm³/mol. The van der Waals surface area contributed by atoms with Gasteiger partial charge in [-0.15, -0.1) is 11.8 Å². The quantitative estimate of drug-likeness (QED) is 0.819. The minimum Gasteiger partial charge on any atom is -0.353 e. The molecule has 3 N–H and O–H groups in total. The lowest BCUT2D eigenvalue weighted by molar-refractivity contribution is -0.127. The van der Waals surface area contributed by atoms with Crippen LogP contribution in [0.2, 0.25) is 0 Å². The van der Waals surface area contributed by atoms with Crippen molar-refractivity contribution >= 4 is 29.3 Å². The van der Waals surface area contributed by atoms with Crippen LogP contribution in [0.1, 0.15) is 32.1 Å². The maximum atomic E-state index is 12.5. The highest BCUT2D eigenvalue weighted by Gasteiger charge is 2.36. The smallest absolute Gasteiger partial charge is 0.227 e. The number of anilines is 1. The van der Waals surface area contributed by atoms with Gasteiger partial charge in [-0.2, -0.15) is 0 Å². The molecule has 5 nitrogen and oxygen atoms in total. The molecule has 130 valence electrons. The summed E-state index contributed by atoms with van der Waals surface area (Å²) in [6.07, 6.45) is 6.11. The van der Waals surface area contributed by atoms with Crippen molar-refractivity contribution in [2.24, 2.45) is 11.7 Å². The number of thioether (sulfide) groups is 1. The lowest BCUT2D eigenvalue weighted by atomic mass is 9.91. The van der Waals surface area contributed by atoms with E-state index in [0.29, 0.717) is 13.0 Å². The van der Waals surface area contributed by atoms with Crippen LogP contribution in [-0.2, 0) is 9.59 Å². The molecule has 1 atom stereocenters. The third-order valence-corrected chi connectivity index (χ3v) is 5.74. The summed E-state index contributed by atoms with van der Waals surface area (Å²) in [5.41, 5.74) is 6.78. The summed E-state index contributed by atoms with van der Waals surface area (Å²) in [7, 11) is 0. The van der Waals surface area contributed by atoms with Crippen molar-refractivity contribution in [1.29, 1.82) is 0 Å². The molecule has 3 rings (SSSR count). The third-order valence-electron chi connectivity index (χ3n) is 5.00. The Balaban J connectivity index is 1.58. The van der Waals surface area contributed by atoms with Gasteiger partial charge in [-0.3, -0.25) is 9.59 Å². The predicted octanol–water partition coefficient (Wildman–Crippen LogP) is 2.15. The molecule has 0 bridgehead atoms. The van der Waals surface area contributed by atoms with E-state index >= 15 is 0 Å². The Labute approximate surface area is 147 Å². The first-order valence-corrected chi connectivity index (χ1v) is 9.79. The van der Waals surface area contributed by atoms with Crippen molar-refractivity contribution in [3.8, 4) is 0 Å². The van der Waals surface area contributed by atoms with Crippen molar-refractivity contribution in [1.82, 2.24) is 5.32 Å². The summed E-state index contributed by atoms with van der Waals surface area (Å²) < 4.78 is 0. The lowest BCUT2D eigenvalue weighted by Gasteiger charge is -2.27. The van der Waals surface area contributed by atoms with Gasteiger partial charge in [0.1, 0.15) is 0 Å². The highest BCUT2D eigenvalue weighted by molar-refractivity contribution is 7.98. The second-order valence-corrected chi connectivity index (χ2v) is 7.60. The second kappa shape index (κ2) is 7.57. The van der Waals surface area contributed by atoms with Crippen molar-refractivity contribution in [2.45, 2.75) is 49.1 Å². The molecule has 6 heteroatoms. The van der Waals surface area contributed by atoms with Gasteiger partial charge in [-0.1, -0.05) is 0 Å². The Morgan fingerprint density at radius 3 is 2.50 bits per heavy atom. The molecule has 2 amide bonds. The SMILES string of the molecule is CSc1ccc(N2CC(C(=O)NC3CCC(N)CC3)CC2=O)cc1. The second-order valence-electron chi connectivity index (χ2n) is 6.72. The maximum Gasteiger partial charge on any atom is 0.227 e. The molecule has 0 aromatic heterocycles. The van der Waals surface area contributed by atoms with Crippen LogP contribution in [0, 0.1) is 5.92 Å². The highest BCUT2D eigenvalue weighted by atomic mass is 32.2. The van der Waals surface area contributed by atoms with E-state index in [1.807, 2.05) is 30.5 Å². The fraction of sp³-hybridized carbons (Fsp3) is 0.556. The number of nitrogens with zero attached hydrogens (tertiary/aromatic N) is 1. The molecule has 1 aliphatic carbocycles. The van der Waals surface area contributed by atoms with Gasteiger partial charge in [0.2, 0.25) is 11.8 Å². The van der Waals surface area contributed by atoms with Gasteiger partial charge >= 0.3 is 0 Å². The Hall–Kier alpha value is -1.53. The molecule has 2 fully saturated rings. The fourth-order valence-corrected chi connectivity index (χ4v) is 3.89. The van der Waals surface area contributed by atoms with Gasteiger partial charge in [-0.05, 0) is 56.2 Å². The standard InChI is InChI=1S/C18H25N3O2S/c1-24-16-8-6-15(7-9-16)21-11-12(10-17(21)22)18(23)20-14-4-2-13(19)3-5-14/h6-9,12-14H,2-5,10-11,19H2,1H3,(H,20,23). The number of benzene rings is 1. The van der Waals surface area contributed by atoms with Crippen LogP contribution < -0.4 is 16.0 Å². The first-order valence-electron chi connectivity index (χ1n) is 8.57. The molecule has 1 saturated carbocycles. The van der Waals surface area contributed by atoms with E-state index < -0.39 is 0 Å². The Morgan fingerprint density at radius 2 is 1.88 bits per heavy atom. The average molecular weight is 347 g/mol. The van der Waals surface area contributed by atoms with Gasteiger partial charge in [-0.25, -0.2) is 0 Å². The van der Waals surface area contributed by atoms with Crippen LogP contribution in [-0.4, -0.2) is 36.7 Å². The Kier molecular flexibility index (Phi) is 5.46. The van der Waals surface area contributed by atoms with E-state index in [-0.39, 0.29) is 29.8 Å². The summed E-state index contributed by atoms with van der Waals surface area (Å²) in [6, 6.07) is 8.39. The van der Waals surface area contributed by atoms with Gasteiger partial charge < -0.3 is 16.0 Å². The molecular weight excluding hydrogens is 322 g/mol. The first-order chi connectivity index (χ1) is 11.6. The van der Waals surface area contributed by atoms with Crippen LogP contribution in [0.3, 0.4) is 0 Å². The first kappa shape index (κ1) is 17.3. The molecule has 2 aliphatic rings. The number of amides is 2. The zero-order chi connectivity index (χ0) is 17.1. The minimum absolute atomic E-state index is 0.00653. The summed E-state index contributed by atoms with van der Waals surface area (Å²) in [5.74, 6) is -0.224. The van der Waals surface area contributed by atoms with Crippen LogP contribution in [0.5, 0.6) is 0 Å². The van der Waals surface area contributed by atoms with Crippen molar-refractivity contribution in [3.63, 3.8) is 0 Å². The summed E-state index contributed by atoms with van der Waals surface area (Å²) in [5, 5.41) is 3.12. The van der Waals surface area contributed by atoms with Crippen molar-refractivity contribution < 1.29 is 9.59 Å². The van der Waals surface area contributed by atoms with Crippen LogP contribution in [0.4, 0.5) is 5.69 Å². The average Bonchev–Trinajstić information content (AvgIpc) is 2.99. The molecule has 1 heterocycles. The zero-order valence-electron chi connectivity index (χ0n) is 14.0. The number of rotatable bonds is 4. The minimum atomic E-state index is -0.256. The van der Waals surface area contributed by atoms with Gasteiger partial charge in [0.05, 0.1) is 5.92 Å². The zero-order valence-corrected chi connectivity index (χ0v) is 14.8. The highest BCUT2D eigenvalue weighted by Crippen LogP contribution is 2.27. The molecule has 24 heavy (non-hydrogen) atoms. The number of nitrogens with one attached hydrogen (secondary N) is 1. The number of hydrogen-bond donors (Lipinski definition) is 2. The van der Waals surface area contributed by atoms with E-state index in [0.717, 1.165) is 36.3 Å². The van der Waals surface area contributed by atoms with Gasteiger partial charge in [0.15, 0.2) is 0 Å². The van der Waals surface area contributed by atoms with Crippen LogP contribution in [0.15, 0.2) is 29.2 Å². The molecule has 1 unspecified atom stereocenters. The summed E-state index contributed by atoms with van der Waals surface area (Å²) in [6.45, 7) is 0.468. The van der Waals surface area contributed by atoms with Crippen molar-refractivity contribution in [3.05, 3.63) is 24.3 Å². The van der Waals surface area contributed by atoms with E-state index in [9.17, 15) is 9.59 Å². The molecular formula is C18H25N3O2S. The van der Waals surface area contributed by atoms with E-state index in [4.69, 9.17) is 5.73 Å². The van der Waals surface area contributed by atoms with Gasteiger partial charge in [0, 0.05) is 35.6 Å². The summed E-state index contributed by atoms with van der Waals surface area (Å²) >= 11 is 1.67. The lowest BCUT2D eigenvalue weighted by Crippen LogP contribution is -2.43. The Morgan fingerprint density at radius 1 is 1.21 bits per heavy atom. The third kappa shape index (κ3) is 3.92. The normalized spacial score (nSPS) is 27.3. The molecule has 0 spiro atoms. The van der Waals surface area contributed by atoms with Gasteiger partial charge in [0.25, 0.3) is 0 Å². The largest absolute Gasteiger partial charge is 0.353 e. The number of nitrogens with two attached hydrogens (primary N) is 1. The molecule has 1 aromatic rings. The number of hydrogen-bond acceptors (Lipinski definition) is 4. The molecule has 1 aromatic carbocycles. The maximum absolute atomic E-state index is 12.5. The van der Waals surface area contributed by atoms with E-state index in [2.05, 4.69) is 5.32 Å². The number of carbonyl (C=O) groups is 2. The topological polar surface area (TPSA) is 75.4 Å². The van der Waals surface area contributed by atoms with Crippen LogP contribution in [0.25, 0.3) is 0 Å². The Bertz CT molecular complexity index is 597. The molecule has 0 radical (unpaired) electrons. The van der Waals surface area contributed by atoms with E-state index in [1.165, 1.54) is 0 Å².